The summed E-state index contributed by atoms with van der Waals surface area (Å²) in [5.41, 5.74) is 0.494. The van der Waals surface area contributed by atoms with Gasteiger partial charge in [-0.15, -0.1) is 0 Å². The second kappa shape index (κ2) is 9.25. The average molecular weight is 435 g/mol. The Balaban J connectivity index is 1.66. The topological polar surface area (TPSA) is 94.2 Å². The smallest absolute Gasteiger partial charge is 0.321 e. The van der Waals surface area contributed by atoms with E-state index in [2.05, 4.69) is 5.32 Å². The van der Waals surface area contributed by atoms with E-state index < -0.39 is 15.1 Å². The molecular weight excluding hydrogens is 408 g/mol. The summed E-state index contributed by atoms with van der Waals surface area (Å²) in [5, 5.41) is 2.32. The van der Waals surface area contributed by atoms with E-state index in [9.17, 15) is 13.2 Å². The van der Waals surface area contributed by atoms with E-state index in [1.165, 1.54) is 21.3 Å². The first-order valence-electron chi connectivity index (χ1n) is 9.55. The molecule has 162 valence electrons. The number of piperidine rings is 1. The van der Waals surface area contributed by atoms with Crippen molar-refractivity contribution in [1.29, 1.82) is 0 Å². The molecule has 1 saturated heterocycles. The molecule has 1 fully saturated rings. The number of amides is 2. The lowest BCUT2D eigenvalue weighted by molar-refractivity contribution is 0.200. The highest BCUT2D eigenvalue weighted by atomic mass is 32.2. The Bertz CT molecular complexity index is 961. The Labute approximate surface area is 176 Å². The van der Waals surface area contributed by atoms with Crippen LogP contribution in [0.5, 0.6) is 17.2 Å². The number of hydrogen-bond donors (Lipinski definition) is 1. The fourth-order valence-corrected chi connectivity index (χ4v) is 5.28. The van der Waals surface area contributed by atoms with Gasteiger partial charge >= 0.3 is 6.03 Å². The summed E-state index contributed by atoms with van der Waals surface area (Å²) >= 11 is 0. The average Bonchev–Trinajstić information content (AvgIpc) is 2.78. The zero-order chi connectivity index (χ0) is 21.7. The fraction of sp³-hybridized carbons (Fsp3) is 0.381. The minimum absolute atomic E-state index is 0.306. The van der Waals surface area contributed by atoms with Gasteiger partial charge in [0.05, 0.1) is 37.2 Å². The molecule has 1 N–H and O–H groups in total. The van der Waals surface area contributed by atoms with Crippen molar-refractivity contribution < 1.29 is 27.4 Å². The number of carbonyl (C=O) groups excluding carboxylic acids is 1. The molecule has 9 heteroatoms. The van der Waals surface area contributed by atoms with Gasteiger partial charge in [-0.3, -0.25) is 0 Å². The van der Waals surface area contributed by atoms with Crippen molar-refractivity contribution >= 4 is 21.6 Å². The van der Waals surface area contributed by atoms with Crippen LogP contribution in [0.15, 0.2) is 47.4 Å². The van der Waals surface area contributed by atoms with Crippen LogP contribution in [-0.2, 0) is 9.84 Å². The Hall–Kier alpha value is -2.94. The molecule has 30 heavy (non-hydrogen) atoms. The molecule has 0 aliphatic carbocycles. The third kappa shape index (κ3) is 4.46. The highest BCUT2D eigenvalue weighted by Crippen LogP contribution is 2.40. The third-order valence-corrected chi connectivity index (χ3v) is 7.43. The van der Waals surface area contributed by atoms with Crippen LogP contribution in [0.1, 0.15) is 12.8 Å². The van der Waals surface area contributed by atoms with Gasteiger partial charge in [-0.2, -0.15) is 0 Å². The van der Waals surface area contributed by atoms with Crippen molar-refractivity contribution in [3.63, 3.8) is 0 Å². The molecule has 2 aromatic carbocycles. The number of urea groups is 1. The van der Waals surface area contributed by atoms with Crippen molar-refractivity contribution in [3.05, 3.63) is 42.5 Å². The molecule has 3 rings (SSSR count). The van der Waals surface area contributed by atoms with Crippen LogP contribution in [0, 0.1) is 0 Å². The first-order valence-corrected chi connectivity index (χ1v) is 11.1. The lowest BCUT2D eigenvalue weighted by Crippen LogP contribution is -2.44. The molecule has 0 atom stereocenters. The molecule has 1 aliphatic rings. The van der Waals surface area contributed by atoms with Crippen LogP contribution in [0.3, 0.4) is 0 Å². The minimum Gasteiger partial charge on any atom is -0.493 e. The molecule has 0 aromatic heterocycles. The van der Waals surface area contributed by atoms with Gasteiger partial charge in [-0.25, -0.2) is 13.2 Å². The molecule has 2 amide bonds. The monoisotopic (exact) mass is 434 g/mol. The molecule has 0 radical (unpaired) electrons. The van der Waals surface area contributed by atoms with E-state index in [1.807, 2.05) is 0 Å². The summed E-state index contributed by atoms with van der Waals surface area (Å²) < 4.78 is 41.5. The van der Waals surface area contributed by atoms with Gasteiger partial charge in [-0.05, 0) is 25.0 Å². The molecule has 8 nitrogen and oxygen atoms in total. The normalized spacial score (nSPS) is 14.8. The summed E-state index contributed by atoms with van der Waals surface area (Å²) in [7, 11) is 1.11. The zero-order valence-electron chi connectivity index (χ0n) is 17.3. The van der Waals surface area contributed by atoms with Gasteiger partial charge in [0.1, 0.15) is 0 Å². The second-order valence-corrected chi connectivity index (χ2v) is 9.12. The number of methoxy groups -OCH3 is 3. The molecule has 2 aromatic rings. The Morgan fingerprint density at radius 1 is 0.967 bits per heavy atom. The van der Waals surface area contributed by atoms with E-state index in [4.69, 9.17) is 14.2 Å². The number of anilines is 1. The molecular formula is C21H26N2O6S. The molecule has 1 heterocycles. The standard InChI is InChI=1S/C21H26N2O6S/c1-27-18-13-15(14-19(28-2)20(18)29-3)22-21(24)23-11-9-17(10-12-23)30(25,26)16-7-5-4-6-8-16/h4-8,13-14,17H,9-12H2,1-3H3,(H,22,24). The van der Waals surface area contributed by atoms with E-state index in [0.29, 0.717) is 53.8 Å². The van der Waals surface area contributed by atoms with Gasteiger partial charge in [0.25, 0.3) is 0 Å². The number of hydrogen-bond acceptors (Lipinski definition) is 6. The number of likely N-dealkylation sites (tertiary alicyclic amines) is 1. The van der Waals surface area contributed by atoms with Crippen molar-refractivity contribution in [2.45, 2.75) is 23.0 Å². The van der Waals surface area contributed by atoms with Crippen molar-refractivity contribution in [3.8, 4) is 17.2 Å². The van der Waals surface area contributed by atoms with Crippen LogP contribution >= 0.6 is 0 Å². The van der Waals surface area contributed by atoms with Gasteiger partial charge in [0, 0.05) is 25.2 Å². The first kappa shape index (κ1) is 21.8. The zero-order valence-corrected chi connectivity index (χ0v) is 18.1. The summed E-state index contributed by atoms with van der Waals surface area (Å²) in [4.78, 5) is 14.6. The van der Waals surface area contributed by atoms with Crippen LogP contribution < -0.4 is 19.5 Å². The third-order valence-electron chi connectivity index (χ3n) is 5.16. The lowest BCUT2D eigenvalue weighted by Gasteiger charge is -2.31. The number of rotatable bonds is 6. The van der Waals surface area contributed by atoms with Crippen LogP contribution in [0.2, 0.25) is 0 Å². The fourth-order valence-electron chi connectivity index (χ4n) is 3.53. The van der Waals surface area contributed by atoms with Gasteiger partial charge < -0.3 is 24.4 Å². The molecule has 0 spiro atoms. The van der Waals surface area contributed by atoms with Crippen LogP contribution in [-0.4, -0.2) is 59.0 Å². The molecule has 0 unspecified atom stereocenters. The number of nitrogens with one attached hydrogen (secondary N) is 1. The Morgan fingerprint density at radius 2 is 1.53 bits per heavy atom. The summed E-state index contributed by atoms with van der Waals surface area (Å²) in [6.45, 7) is 0.708. The van der Waals surface area contributed by atoms with Gasteiger partial charge in [0.2, 0.25) is 5.75 Å². The van der Waals surface area contributed by atoms with Gasteiger partial charge in [0.15, 0.2) is 21.3 Å². The van der Waals surface area contributed by atoms with Crippen molar-refractivity contribution in [2.24, 2.45) is 0 Å². The highest BCUT2D eigenvalue weighted by Gasteiger charge is 2.32. The highest BCUT2D eigenvalue weighted by molar-refractivity contribution is 7.92. The summed E-state index contributed by atoms with van der Waals surface area (Å²) in [6, 6.07) is 11.4. The van der Waals surface area contributed by atoms with Crippen LogP contribution in [0.25, 0.3) is 0 Å². The van der Waals surface area contributed by atoms with Crippen LogP contribution in [0.4, 0.5) is 10.5 Å². The van der Waals surface area contributed by atoms with E-state index in [1.54, 1.807) is 47.4 Å². The largest absolute Gasteiger partial charge is 0.493 e. The summed E-state index contributed by atoms with van der Waals surface area (Å²) in [6.07, 6.45) is 0.778. The maximum absolute atomic E-state index is 12.8. The Kier molecular flexibility index (Phi) is 6.71. The van der Waals surface area contributed by atoms with E-state index in [0.717, 1.165) is 0 Å². The number of benzene rings is 2. The maximum Gasteiger partial charge on any atom is 0.321 e. The minimum atomic E-state index is -3.40. The van der Waals surface area contributed by atoms with E-state index in [-0.39, 0.29) is 6.03 Å². The molecule has 0 bridgehead atoms. The van der Waals surface area contributed by atoms with Crippen molar-refractivity contribution in [1.82, 2.24) is 4.90 Å². The molecule has 0 saturated carbocycles. The number of sulfone groups is 1. The SMILES string of the molecule is COc1cc(NC(=O)N2CCC(S(=O)(=O)c3ccccc3)CC2)cc(OC)c1OC. The first-order chi connectivity index (χ1) is 14.4. The van der Waals surface area contributed by atoms with Crippen molar-refractivity contribution in [2.75, 3.05) is 39.7 Å². The predicted molar refractivity (Wildman–Crippen MR) is 113 cm³/mol. The Morgan fingerprint density at radius 3 is 2.03 bits per heavy atom. The maximum atomic E-state index is 12.8. The number of nitrogens with zero attached hydrogens (tertiary/aromatic N) is 1. The lowest BCUT2D eigenvalue weighted by atomic mass is 10.1. The number of ether oxygens (including phenoxy) is 3. The quantitative estimate of drug-likeness (QED) is 0.751. The predicted octanol–water partition coefficient (Wildman–Crippen LogP) is 3.18. The summed E-state index contributed by atoms with van der Waals surface area (Å²) in [5.74, 6) is 1.30. The number of carbonyl (C=O) groups is 1. The molecule has 1 aliphatic heterocycles. The van der Waals surface area contributed by atoms with E-state index >= 15 is 0 Å². The second-order valence-electron chi connectivity index (χ2n) is 6.89. The van der Waals surface area contributed by atoms with Gasteiger partial charge in [-0.1, -0.05) is 18.2 Å².